The van der Waals surface area contributed by atoms with Crippen molar-refractivity contribution in [3.8, 4) is 0 Å². The summed E-state index contributed by atoms with van der Waals surface area (Å²) >= 11 is 0. The molecule has 16 heavy (non-hydrogen) atoms. The van der Waals surface area contributed by atoms with Crippen LogP contribution in [0.1, 0.15) is 44.6 Å². The zero-order valence-corrected chi connectivity index (χ0v) is 10.2. The van der Waals surface area contributed by atoms with Gasteiger partial charge in [0.05, 0.1) is 0 Å². The number of nitrogens with one attached hydrogen (secondary N) is 1. The van der Waals surface area contributed by atoms with Crippen molar-refractivity contribution in [1.82, 2.24) is 9.97 Å². The highest BCUT2D eigenvalue weighted by Gasteiger charge is 2.20. The zero-order valence-electron chi connectivity index (χ0n) is 10.2. The Bertz CT molecular complexity index is 320. The molecule has 1 saturated carbocycles. The minimum Gasteiger partial charge on any atom is -0.351 e. The van der Waals surface area contributed by atoms with Gasteiger partial charge in [0.25, 0.3) is 0 Å². The highest BCUT2D eigenvalue weighted by atomic mass is 15.1. The van der Waals surface area contributed by atoms with Gasteiger partial charge >= 0.3 is 0 Å². The minimum atomic E-state index is 0.546. The molecule has 0 spiro atoms. The van der Waals surface area contributed by atoms with Crippen molar-refractivity contribution in [2.45, 2.75) is 52.0 Å². The Hall–Kier alpha value is -1.12. The quantitative estimate of drug-likeness (QED) is 0.776. The van der Waals surface area contributed by atoms with E-state index in [1.165, 1.54) is 32.1 Å². The fourth-order valence-electron chi connectivity index (χ4n) is 2.34. The van der Waals surface area contributed by atoms with Crippen molar-refractivity contribution in [3.63, 3.8) is 0 Å². The lowest BCUT2D eigenvalue weighted by Crippen LogP contribution is -2.27. The molecule has 1 fully saturated rings. The zero-order chi connectivity index (χ0) is 11.4. The number of anilines is 1. The topological polar surface area (TPSA) is 37.8 Å². The second kappa shape index (κ2) is 5.28. The second-order valence-corrected chi connectivity index (χ2v) is 4.95. The summed E-state index contributed by atoms with van der Waals surface area (Å²) in [6, 6.07) is 0.546. The molecule has 2 unspecified atom stereocenters. The number of hydrogen-bond acceptors (Lipinski definition) is 3. The first-order chi connectivity index (χ1) is 7.75. The van der Waals surface area contributed by atoms with Gasteiger partial charge in [0.2, 0.25) is 5.95 Å². The average Bonchev–Trinajstić information content (AvgIpc) is 2.48. The van der Waals surface area contributed by atoms with Crippen molar-refractivity contribution in [1.29, 1.82) is 0 Å². The molecule has 88 valence electrons. The van der Waals surface area contributed by atoms with E-state index in [4.69, 9.17) is 0 Å². The molecule has 0 radical (unpaired) electrons. The van der Waals surface area contributed by atoms with E-state index in [0.717, 1.165) is 17.4 Å². The van der Waals surface area contributed by atoms with Gasteiger partial charge in [-0.1, -0.05) is 26.2 Å². The Balaban J connectivity index is 1.99. The van der Waals surface area contributed by atoms with E-state index >= 15 is 0 Å². The predicted molar refractivity (Wildman–Crippen MR) is 66.4 cm³/mol. The number of aromatic nitrogens is 2. The molecular formula is C13H21N3. The van der Waals surface area contributed by atoms with Crippen LogP contribution in [0.2, 0.25) is 0 Å². The number of rotatable bonds is 2. The standard InChI is InChI=1S/C13H21N3/c1-10-8-14-13(15-9-10)16-12-7-5-3-4-6-11(12)2/h8-9,11-12H,3-7H2,1-2H3,(H,14,15,16). The molecule has 0 aliphatic heterocycles. The fraction of sp³-hybridized carbons (Fsp3) is 0.692. The van der Waals surface area contributed by atoms with Gasteiger partial charge in [0, 0.05) is 18.4 Å². The van der Waals surface area contributed by atoms with Crippen LogP contribution in [0.4, 0.5) is 5.95 Å². The Morgan fingerprint density at radius 2 is 1.81 bits per heavy atom. The largest absolute Gasteiger partial charge is 0.351 e. The Morgan fingerprint density at radius 1 is 1.12 bits per heavy atom. The van der Waals surface area contributed by atoms with Crippen LogP contribution in [-0.2, 0) is 0 Å². The van der Waals surface area contributed by atoms with E-state index in [-0.39, 0.29) is 0 Å². The molecule has 1 aromatic heterocycles. The van der Waals surface area contributed by atoms with Gasteiger partial charge in [-0.15, -0.1) is 0 Å². The van der Waals surface area contributed by atoms with Crippen LogP contribution in [-0.4, -0.2) is 16.0 Å². The van der Waals surface area contributed by atoms with E-state index in [0.29, 0.717) is 6.04 Å². The molecule has 1 aliphatic carbocycles. The van der Waals surface area contributed by atoms with E-state index < -0.39 is 0 Å². The van der Waals surface area contributed by atoms with Crippen LogP contribution in [0.3, 0.4) is 0 Å². The molecule has 3 nitrogen and oxygen atoms in total. The van der Waals surface area contributed by atoms with Gasteiger partial charge in [-0.3, -0.25) is 0 Å². The summed E-state index contributed by atoms with van der Waals surface area (Å²) in [6.45, 7) is 4.34. The molecule has 3 heteroatoms. The Kier molecular flexibility index (Phi) is 3.75. The third-order valence-corrected chi connectivity index (χ3v) is 3.46. The lowest BCUT2D eigenvalue weighted by Gasteiger charge is -2.22. The van der Waals surface area contributed by atoms with Crippen molar-refractivity contribution in [3.05, 3.63) is 18.0 Å². The summed E-state index contributed by atoms with van der Waals surface area (Å²) in [4.78, 5) is 8.63. The maximum Gasteiger partial charge on any atom is 0.222 e. The highest BCUT2D eigenvalue weighted by Crippen LogP contribution is 2.24. The van der Waals surface area contributed by atoms with Crippen LogP contribution in [0, 0.1) is 12.8 Å². The third-order valence-electron chi connectivity index (χ3n) is 3.46. The third kappa shape index (κ3) is 2.94. The van der Waals surface area contributed by atoms with Crippen LogP contribution in [0.15, 0.2) is 12.4 Å². The summed E-state index contributed by atoms with van der Waals surface area (Å²) < 4.78 is 0. The summed E-state index contributed by atoms with van der Waals surface area (Å²) in [5, 5.41) is 3.48. The van der Waals surface area contributed by atoms with Crippen LogP contribution in [0.25, 0.3) is 0 Å². The highest BCUT2D eigenvalue weighted by molar-refractivity contribution is 5.26. The lowest BCUT2D eigenvalue weighted by molar-refractivity contribution is 0.454. The van der Waals surface area contributed by atoms with Crippen molar-refractivity contribution in [2.24, 2.45) is 5.92 Å². The van der Waals surface area contributed by atoms with E-state index in [9.17, 15) is 0 Å². The molecule has 1 aliphatic rings. The number of hydrogen-bond donors (Lipinski definition) is 1. The first-order valence-electron chi connectivity index (χ1n) is 6.31. The average molecular weight is 219 g/mol. The lowest BCUT2D eigenvalue weighted by atomic mass is 9.97. The monoisotopic (exact) mass is 219 g/mol. The Labute approximate surface area is 97.7 Å². The molecule has 1 heterocycles. The first kappa shape index (κ1) is 11.4. The second-order valence-electron chi connectivity index (χ2n) is 4.95. The van der Waals surface area contributed by atoms with Crippen LogP contribution in [0.5, 0.6) is 0 Å². The van der Waals surface area contributed by atoms with Crippen LogP contribution < -0.4 is 5.32 Å². The normalized spacial score (nSPS) is 26.1. The van der Waals surface area contributed by atoms with Gasteiger partial charge in [-0.25, -0.2) is 9.97 Å². The fourth-order valence-corrected chi connectivity index (χ4v) is 2.34. The summed E-state index contributed by atoms with van der Waals surface area (Å²) in [7, 11) is 0. The molecule has 0 amide bonds. The van der Waals surface area contributed by atoms with Gasteiger partial charge < -0.3 is 5.32 Å². The van der Waals surface area contributed by atoms with Gasteiger partial charge in [0.15, 0.2) is 0 Å². The van der Waals surface area contributed by atoms with Gasteiger partial charge in [-0.2, -0.15) is 0 Å². The van der Waals surface area contributed by atoms with Crippen molar-refractivity contribution < 1.29 is 0 Å². The van der Waals surface area contributed by atoms with Crippen molar-refractivity contribution >= 4 is 5.95 Å². The van der Waals surface area contributed by atoms with E-state index in [2.05, 4.69) is 22.2 Å². The molecule has 0 bridgehead atoms. The molecule has 2 rings (SSSR count). The molecule has 0 saturated heterocycles. The molecule has 2 atom stereocenters. The summed E-state index contributed by atoms with van der Waals surface area (Å²) in [6.07, 6.45) is 10.4. The molecule has 1 N–H and O–H groups in total. The summed E-state index contributed by atoms with van der Waals surface area (Å²) in [5.41, 5.74) is 1.11. The smallest absolute Gasteiger partial charge is 0.222 e. The van der Waals surface area contributed by atoms with Crippen LogP contribution >= 0.6 is 0 Å². The van der Waals surface area contributed by atoms with Crippen molar-refractivity contribution in [2.75, 3.05) is 5.32 Å². The van der Waals surface area contributed by atoms with Gasteiger partial charge in [-0.05, 0) is 31.2 Å². The number of nitrogens with zero attached hydrogens (tertiary/aromatic N) is 2. The van der Waals surface area contributed by atoms with E-state index in [1.54, 1.807) is 0 Å². The van der Waals surface area contributed by atoms with Gasteiger partial charge in [0.1, 0.15) is 0 Å². The minimum absolute atomic E-state index is 0.546. The Morgan fingerprint density at radius 3 is 2.56 bits per heavy atom. The molecule has 0 aromatic carbocycles. The van der Waals surface area contributed by atoms with E-state index in [1.807, 2.05) is 19.3 Å². The first-order valence-corrected chi connectivity index (χ1v) is 6.31. The maximum absolute atomic E-state index is 4.32. The molecular weight excluding hydrogens is 198 g/mol. The molecule has 1 aromatic rings. The number of aryl methyl sites for hydroxylation is 1. The predicted octanol–water partition coefficient (Wildman–Crippen LogP) is 3.17. The SMILES string of the molecule is Cc1cnc(NC2CCCCCC2C)nc1. The maximum atomic E-state index is 4.32. The summed E-state index contributed by atoms with van der Waals surface area (Å²) in [5.74, 6) is 1.51.